The van der Waals surface area contributed by atoms with Crippen molar-refractivity contribution in [2.75, 3.05) is 13.2 Å². The van der Waals surface area contributed by atoms with Crippen LogP contribution >= 0.6 is 0 Å². The van der Waals surface area contributed by atoms with Crippen molar-refractivity contribution in [2.45, 2.75) is 32.5 Å². The van der Waals surface area contributed by atoms with Crippen LogP contribution in [-0.4, -0.2) is 35.3 Å². The summed E-state index contributed by atoms with van der Waals surface area (Å²) in [6.07, 6.45) is -0.772. The van der Waals surface area contributed by atoms with Crippen LogP contribution in [0.2, 0.25) is 0 Å². The first kappa shape index (κ1) is 13.2. The third kappa shape index (κ3) is 4.31. The Bertz CT molecular complexity index is 287. The van der Waals surface area contributed by atoms with Gasteiger partial charge >= 0.3 is 0 Å². The van der Waals surface area contributed by atoms with Crippen LogP contribution in [0.1, 0.15) is 19.4 Å². The van der Waals surface area contributed by atoms with E-state index >= 15 is 0 Å². The first-order valence-electron chi connectivity index (χ1n) is 5.67. The van der Waals surface area contributed by atoms with Crippen LogP contribution in [-0.2, 0) is 11.7 Å². The Kier molecular flexibility index (Phi) is 5.46. The molecule has 1 aromatic carbocycles. The highest BCUT2D eigenvalue weighted by molar-refractivity contribution is 5.14. The molecule has 0 heterocycles. The lowest BCUT2D eigenvalue weighted by atomic mass is 10.1. The lowest BCUT2D eigenvalue weighted by Crippen LogP contribution is -2.38. The van der Waals surface area contributed by atoms with Gasteiger partial charge in [0.25, 0.3) is 0 Å². The van der Waals surface area contributed by atoms with Gasteiger partial charge in [-0.05, 0) is 19.4 Å². The zero-order valence-electron chi connectivity index (χ0n) is 9.97. The second-order valence-electron chi connectivity index (χ2n) is 4.33. The summed E-state index contributed by atoms with van der Waals surface area (Å²) in [7, 11) is 0. The standard InChI is InChI=1S/C13H20NO2/c1-11(2)14(9-13(16)10-15)8-12-6-4-3-5-7-12/h3-7,11,13,16H,8-10H2,1-2H3. The van der Waals surface area contributed by atoms with Gasteiger partial charge in [0, 0.05) is 19.1 Å². The second-order valence-corrected chi connectivity index (χ2v) is 4.33. The molecular weight excluding hydrogens is 202 g/mol. The molecule has 89 valence electrons. The smallest absolute Gasteiger partial charge is 0.109 e. The van der Waals surface area contributed by atoms with Crippen molar-refractivity contribution < 1.29 is 10.2 Å². The monoisotopic (exact) mass is 222 g/mol. The third-order valence-corrected chi connectivity index (χ3v) is 2.60. The molecule has 16 heavy (non-hydrogen) atoms. The van der Waals surface area contributed by atoms with E-state index in [4.69, 9.17) is 0 Å². The van der Waals surface area contributed by atoms with Gasteiger partial charge in [0.05, 0.1) is 6.10 Å². The first-order chi connectivity index (χ1) is 7.63. The average Bonchev–Trinajstić information content (AvgIpc) is 2.29. The summed E-state index contributed by atoms with van der Waals surface area (Å²) in [4.78, 5) is 2.11. The van der Waals surface area contributed by atoms with Crippen molar-refractivity contribution in [3.05, 3.63) is 35.9 Å². The summed E-state index contributed by atoms with van der Waals surface area (Å²) in [5.41, 5.74) is 1.20. The lowest BCUT2D eigenvalue weighted by molar-refractivity contribution is 0.0206. The Morgan fingerprint density at radius 3 is 2.38 bits per heavy atom. The van der Waals surface area contributed by atoms with Gasteiger partial charge in [-0.25, -0.2) is 5.11 Å². The van der Waals surface area contributed by atoms with Crippen LogP contribution in [0.5, 0.6) is 0 Å². The van der Waals surface area contributed by atoms with E-state index < -0.39 is 12.7 Å². The minimum absolute atomic E-state index is 0.321. The Balaban J connectivity index is 2.58. The highest BCUT2D eigenvalue weighted by atomic mass is 16.3. The highest BCUT2D eigenvalue weighted by Crippen LogP contribution is 2.08. The third-order valence-electron chi connectivity index (χ3n) is 2.60. The van der Waals surface area contributed by atoms with E-state index in [2.05, 4.69) is 30.9 Å². The van der Waals surface area contributed by atoms with Crippen LogP contribution in [0.4, 0.5) is 0 Å². The zero-order valence-corrected chi connectivity index (χ0v) is 9.97. The minimum Gasteiger partial charge on any atom is -0.389 e. The van der Waals surface area contributed by atoms with Gasteiger partial charge in [-0.1, -0.05) is 30.3 Å². The molecular formula is C13H20NO2. The van der Waals surface area contributed by atoms with Gasteiger partial charge in [0.2, 0.25) is 0 Å². The molecule has 0 aliphatic carbocycles. The predicted molar refractivity (Wildman–Crippen MR) is 63.5 cm³/mol. The first-order valence-corrected chi connectivity index (χ1v) is 5.67. The summed E-state index contributed by atoms with van der Waals surface area (Å²) < 4.78 is 0. The molecule has 0 aromatic heterocycles. The van der Waals surface area contributed by atoms with Gasteiger partial charge in [0.15, 0.2) is 0 Å². The molecule has 0 aliphatic heterocycles. The molecule has 0 spiro atoms. The van der Waals surface area contributed by atoms with E-state index in [0.717, 1.165) is 6.54 Å². The van der Waals surface area contributed by atoms with Crippen molar-refractivity contribution in [1.82, 2.24) is 4.90 Å². The minimum atomic E-state index is -0.772. The summed E-state index contributed by atoms with van der Waals surface area (Å²) in [6.45, 7) is 4.92. The second kappa shape index (κ2) is 6.63. The SMILES string of the molecule is CC(C)N(Cc1ccccc1)CC(O)C[O]. The maximum atomic E-state index is 10.6. The van der Waals surface area contributed by atoms with Gasteiger partial charge in [-0.15, -0.1) is 0 Å². The largest absolute Gasteiger partial charge is 0.389 e. The topological polar surface area (TPSA) is 43.4 Å². The predicted octanol–water partition coefficient (Wildman–Crippen LogP) is 1.69. The number of rotatable bonds is 6. The maximum absolute atomic E-state index is 10.6. The molecule has 1 unspecified atom stereocenters. The van der Waals surface area contributed by atoms with Crippen molar-refractivity contribution in [3.8, 4) is 0 Å². The fourth-order valence-corrected chi connectivity index (χ4v) is 1.60. The van der Waals surface area contributed by atoms with E-state index in [0.29, 0.717) is 12.6 Å². The number of nitrogens with zero attached hydrogens (tertiary/aromatic N) is 1. The average molecular weight is 222 g/mol. The molecule has 0 amide bonds. The van der Waals surface area contributed by atoms with E-state index in [-0.39, 0.29) is 0 Å². The van der Waals surface area contributed by atoms with E-state index in [1.807, 2.05) is 18.2 Å². The molecule has 3 heteroatoms. The maximum Gasteiger partial charge on any atom is 0.109 e. The van der Waals surface area contributed by atoms with Crippen molar-refractivity contribution in [3.63, 3.8) is 0 Å². The molecule has 1 atom stereocenters. The van der Waals surface area contributed by atoms with Crippen molar-refractivity contribution in [2.24, 2.45) is 0 Å². The van der Waals surface area contributed by atoms with Gasteiger partial charge in [0.1, 0.15) is 6.61 Å². The summed E-state index contributed by atoms with van der Waals surface area (Å²) in [6, 6.07) is 10.4. The molecule has 1 radical (unpaired) electrons. The molecule has 0 saturated carbocycles. The number of benzene rings is 1. The van der Waals surface area contributed by atoms with Gasteiger partial charge in [-0.2, -0.15) is 0 Å². The van der Waals surface area contributed by atoms with Crippen molar-refractivity contribution in [1.29, 1.82) is 0 Å². The molecule has 1 rings (SSSR count). The van der Waals surface area contributed by atoms with Gasteiger partial charge in [-0.3, -0.25) is 4.90 Å². The van der Waals surface area contributed by atoms with Crippen molar-refractivity contribution >= 4 is 0 Å². The Morgan fingerprint density at radius 2 is 1.88 bits per heavy atom. The van der Waals surface area contributed by atoms with Gasteiger partial charge < -0.3 is 5.11 Å². The quantitative estimate of drug-likeness (QED) is 0.796. The number of hydrogen-bond acceptors (Lipinski definition) is 2. The van der Waals surface area contributed by atoms with E-state index in [1.165, 1.54) is 5.56 Å². The fraction of sp³-hybridized carbons (Fsp3) is 0.538. The number of aliphatic hydroxyl groups is 1. The van der Waals surface area contributed by atoms with E-state index in [1.54, 1.807) is 0 Å². The summed E-state index contributed by atoms with van der Waals surface area (Å²) >= 11 is 0. The molecule has 0 saturated heterocycles. The molecule has 0 bridgehead atoms. The molecule has 3 nitrogen and oxygen atoms in total. The molecule has 1 aromatic rings. The number of hydrogen-bond donors (Lipinski definition) is 1. The molecule has 0 fully saturated rings. The summed E-state index contributed by atoms with van der Waals surface area (Å²) in [5.74, 6) is 0. The normalized spacial score (nSPS) is 13.4. The fourth-order valence-electron chi connectivity index (χ4n) is 1.60. The van der Waals surface area contributed by atoms with Crippen LogP contribution in [0.25, 0.3) is 0 Å². The summed E-state index contributed by atoms with van der Waals surface area (Å²) in [5, 5.41) is 20.0. The zero-order chi connectivity index (χ0) is 12.0. The number of aliphatic hydroxyl groups excluding tert-OH is 1. The Morgan fingerprint density at radius 1 is 1.25 bits per heavy atom. The lowest BCUT2D eigenvalue weighted by Gasteiger charge is -2.28. The van der Waals surface area contributed by atoms with Crippen LogP contribution in [0, 0.1) is 0 Å². The highest BCUT2D eigenvalue weighted by Gasteiger charge is 2.14. The Hall–Kier alpha value is -0.900. The molecule has 1 N–H and O–H groups in total. The van der Waals surface area contributed by atoms with Crippen LogP contribution < -0.4 is 0 Å². The van der Waals surface area contributed by atoms with E-state index in [9.17, 15) is 10.2 Å². The van der Waals surface area contributed by atoms with Crippen LogP contribution in [0.3, 0.4) is 0 Å². The Labute approximate surface area is 97.3 Å². The van der Waals surface area contributed by atoms with Crippen LogP contribution in [0.15, 0.2) is 30.3 Å². The molecule has 0 aliphatic rings.